The Balaban J connectivity index is 1.96. The molecule has 0 radical (unpaired) electrons. The number of hydrogen-bond acceptors (Lipinski definition) is 3. The molecular weight excluding hydrogens is 250 g/mol. The normalized spacial score (nSPS) is 28.8. The number of rotatable bonds is 7. The van der Waals surface area contributed by atoms with Crippen LogP contribution in [-0.4, -0.2) is 25.3 Å². The summed E-state index contributed by atoms with van der Waals surface area (Å²) in [6.07, 6.45) is 2.52. The molecule has 3 nitrogen and oxygen atoms in total. The smallest absolute Gasteiger partial charge is 0.120 e. The maximum absolute atomic E-state index is 6.17. The first-order valence-corrected chi connectivity index (χ1v) is 7.76. The maximum Gasteiger partial charge on any atom is 0.120 e. The van der Waals surface area contributed by atoms with Gasteiger partial charge in [0.15, 0.2) is 0 Å². The van der Waals surface area contributed by atoms with Gasteiger partial charge in [-0.05, 0) is 44.2 Å². The van der Waals surface area contributed by atoms with Crippen LogP contribution in [-0.2, 0) is 0 Å². The van der Waals surface area contributed by atoms with Crippen LogP contribution >= 0.6 is 0 Å². The first kappa shape index (κ1) is 15.2. The van der Waals surface area contributed by atoms with Crippen molar-refractivity contribution in [2.75, 3.05) is 13.2 Å². The van der Waals surface area contributed by atoms with E-state index in [0.717, 1.165) is 30.9 Å². The van der Waals surface area contributed by atoms with E-state index < -0.39 is 0 Å². The monoisotopic (exact) mass is 277 g/mol. The van der Waals surface area contributed by atoms with Crippen LogP contribution in [0.2, 0.25) is 0 Å². The molecule has 0 heterocycles. The van der Waals surface area contributed by atoms with E-state index in [1.807, 2.05) is 31.2 Å². The largest absolute Gasteiger partial charge is 0.494 e. The standard InChI is InChI=1S/C17H27NO2/c1-5-17(4)15(18-6-2)12-16(17)20-14-10-8-13(9-11-14)19-7-3/h8-11,15-16,18H,5-7,12H2,1-4H3. The van der Waals surface area contributed by atoms with Gasteiger partial charge in [0, 0.05) is 17.9 Å². The van der Waals surface area contributed by atoms with Gasteiger partial charge in [0.05, 0.1) is 6.61 Å². The van der Waals surface area contributed by atoms with Gasteiger partial charge >= 0.3 is 0 Å². The van der Waals surface area contributed by atoms with E-state index in [9.17, 15) is 0 Å². The molecule has 1 aromatic rings. The zero-order valence-electron chi connectivity index (χ0n) is 13.1. The Morgan fingerprint density at radius 3 is 2.35 bits per heavy atom. The van der Waals surface area contributed by atoms with Crippen LogP contribution in [0.15, 0.2) is 24.3 Å². The summed E-state index contributed by atoms with van der Waals surface area (Å²) in [5, 5.41) is 3.57. The van der Waals surface area contributed by atoms with Crippen LogP contribution in [0.5, 0.6) is 11.5 Å². The molecule has 1 aliphatic rings. The summed E-state index contributed by atoms with van der Waals surface area (Å²) in [7, 11) is 0. The van der Waals surface area contributed by atoms with Crippen molar-refractivity contribution in [3.63, 3.8) is 0 Å². The molecular formula is C17H27NO2. The summed E-state index contributed by atoms with van der Waals surface area (Å²) in [5.41, 5.74) is 0.231. The number of nitrogens with one attached hydrogen (secondary N) is 1. The van der Waals surface area contributed by atoms with Crippen molar-refractivity contribution in [1.29, 1.82) is 0 Å². The van der Waals surface area contributed by atoms with Gasteiger partial charge in [-0.3, -0.25) is 0 Å². The van der Waals surface area contributed by atoms with E-state index in [4.69, 9.17) is 9.47 Å². The molecule has 0 saturated heterocycles. The van der Waals surface area contributed by atoms with Gasteiger partial charge in [0.1, 0.15) is 17.6 Å². The predicted octanol–water partition coefficient (Wildman–Crippen LogP) is 3.63. The third-order valence-electron chi connectivity index (χ3n) is 4.61. The predicted molar refractivity (Wildman–Crippen MR) is 82.5 cm³/mol. The third kappa shape index (κ3) is 2.93. The Hall–Kier alpha value is -1.22. The summed E-state index contributed by atoms with van der Waals surface area (Å²) < 4.78 is 11.6. The summed E-state index contributed by atoms with van der Waals surface area (Å²) in [6.45, 7) is 10.4. The van der Waals surface area contributed by atoms with Crippen LogP contribution in [0.4, 0.5) is 0 Å². The molecule has 1 N–H and O–H groups in total. The molecule has 3 unspecified atom stereocenters. The molecule has 1 aliphatic carbocycles. The third-order valence-corrected chi connectivity index (χ3v) is 4.61. The van der Waals surface area contributed by atoms with Crippen molar-refractivity contribution in [3.05, 3.63) is 24.3 Å². The van der Waals surface area contributed by atoms with Crippen molar-refractivity contribution in [2.24, 2.45) is 5.41 Å². The van der Waals surface area contributed by atoms with Gasteiger partial charge in [0.25, 0.3) is 0 Å². The Bertz CT molecular complexity index is 418. The minimum absolute atomic E-state index is 0.231. The van der Waals surface area contributed by atoms with Crippen LogP contribution in [0.1, 0.15) is 40.5 Å². The van der Waals surface area contributed by atoms with Gasteiger partial charge in [-0.25, -0.2) is 0 Å². The van der Waals surface area contributed by atoms with Crippen molar-refractivity contribution >= 4 is 0 Å². The molecule has 3 heteroatoms. The van der Waals surface area contributed by atoms with Crippen molar-refractivity contribution in [3.8, 4) is 11.5 Å². The lowest BCUT2D eigenvalue weighted by Crippen LogP contribution is -2.63. The Morgan fingerprint density at radius 2 is 1.80 bits per heavy atom. The van der Waals surface area contributed by atoms with Crippen LogP contribution in [0.3, 0.4) is 0 Å². The molecule has 0 amide bonds. The highest BCUT2D eigenvalue weighted by molar-refractivity contribution is 5.31. The lowest BCUT2D eigenvalue weighted by molar-refractivity contribution is -0.0697. The van der Waals surface area contributed by atoms with Crippen molar-refractivity contribution in [2.45, 2.75) is 52.7 Å². The summed E-state index contributed by atoms with van der Waals surface area (Å²) in [6, 6.07) is 8.53. The van der Waals surface area contributed by atoms with E-state index in [0.29, 0.717) is 18.8 Å². The van der Waals surface area contributed by atoms with E-state index in [1.165, 1.54) is 0 Å². The second-order valence-corrected chi connectivity index (χ2v) is 5.72. The molecule has 1 aromatic carbocycles. The molecule has 20 heavy (non-hydrogen) atoms. The van der Waals surface area contributed by atoms with Gasteiger partial charge in [-0.2, -0.15) is 0 Å². The van der Waals surface area contributed by atoms with Gasteiger partial charge in [-0.1, -0.05) is 20.8 Å². The Labute approximate surface area is 122 Å². The Morgan fingerprint density at radius 1 is 1.15 bits per heavy atom. The van der Waals surface area contributed by atoms with E-state index in [1.54, 1.807) is 0 Å². The molecule has 0 bridgehead atoms. The molecule has 112 valence electrons. The van der Waals surface area contributed by atoms with Crippen molar-refractivity contribution < 1.29 is 9.47 Å². The average Bonchev–Trinajstić information content (AvgIpc) is 2.47. The van der Waals surface area contributed by atoms with Gasteiger partial charge in [-0.15, -0.1) is 0 Å². The quantitative estimate of drug-likeness (QED) is 0.825. The fourth-order valence-electron chi connectivity index (χ4n) is 2.98. The maximum atomic E-state index is 6.17. The molecule has 0 aliphatic heterocycles. The number of hydrogen-bond donors (Lipinski definition) is 1. The van der Waals surface area contributed by atoms with E-state index in [2.05, 4.69) is 26.1 Å². The zero-order chi connectivity index (χ0) is 14.6. The van der Waals surface area contributed by atoms with Crippen LogP contribution in [0, 0.1) is 5.41 Å². The summed E-state index contributed by atoms with van der Waals surface area (Å²) in [5.74, 6) is 1.84. The topological polar surface area (TPSA) is 30.5 Å². The number of benzene rings is 1. The second kappa shape index (κ2) is 6.49. The lowest BCUT2D eigenvalue weighted by atomic mass is 9.61. The first-order chi connectivity index (χ1) is 9.63. The zero-order valence-corrected chi connectivity index (χ0v) is 13.1. The SMILES string of the molecule is CCNC1CC(Oc2ccc(OCC)cc2)C1(C)CC. The molecule has 2 rings (SSSR count). The first-order valence-electron chi connectivity index (χ1n) is 7.76. The molecule has 0 spiro atoms. The highest BCUT2D eigenvalue weighted by Gasteiger charge is 2.51. The summed E-state index contributed by atoms with van der Waals surface area (Å²) >= 11 is 0. The second-order valence-electron chi connectivity index (χ2n) is 5.72. The number of ether oxygens (including phenoxy) is 2. The van der Waals surface area contributed by atoms with E-state index >= 15 is 0 Å². The van der Waals surface area contributed by atoms with Crippen LogP contribution < -0.4 is 14.8 Å². The highest BCUT2D eigenvalue weighted by Crippen LogP contribution is 2.46. The van der Waals surface area contributed by atoms with Crippen molar-refractivity contribution in [1.82, 2.24) is 5.32 Å². The van der Waals surface area contributed by atoms with E-state index in [-0.39, 0.29) is 5.41 Å². The van der Waals surface area contributed by atoms with Gasteiger partial charge in [0.2, 0.25) is 0 Å². The van der Waals surface area contributed by atoms with Crippen LogP contribution in [0.25, 0.3) is 0 Å². The fourth-order valence-corrected chi connectivity index (χ4v) is 2.98. The molecule has 3 atom stereocenters. The van der Waals surface area contributed by atoms with Gasteiger partial charge < -0.3 is 14.8 Å². The molecule has 0 aromatic heterocycles. The fraction of sp³-hybridized carbons (Fsp3) is 0.647. The summed E-state index contributed by atoms with van der Waals surface area (Å²) in [4.78, 5) is 0. The molecule has 1 fully saturated rings. The Kier molecular flexibility index (Phi) is 4.92. The highest BCUT2D eigenvalue weighted by atomic mass is 16.5. The minimum atomic E-state index is 0.231. The average molecular weight is 277 g/mol. The minimum Gasteiger partial charge on any atom is -0.494 e. The molecule has 1 saturated carbocycles. The lowest BCUT2D eigenvalue weighted by Gasteiger charge is -2.53.